The lowest BCUT2D eigenvalue weighted by molar-refractivity contribution is 1.14. The molecule has 0 saturated heterocycles. The highest BCUT2D eigenvalue weighted by Crippen LogP contribution is 2.31. The Morgan fingerprint density at radius 1 is 0.636 bits per heavy atom. The second-order valence-electron chi connectivity index (χ2n) is 5.90. The molecular weight excluding hydrogens is 264 g/mol. The van der Waals surface area contributed by atoms with Crippen molar-refractivity contribution in [3.05, 3.63) is 83.4 Å². The fraction of sp³-hybridized carbons (Fsp3) is 0.182. The number of hydrogen-bond donors (Lipinski definition) is 0. The lowest BCUT2D eigenvalue weighted by atomic mass is 9.92. The number of aryl methyl sites for hydroxylation is 3. The van der Waals surface area contributed by atoms with Gasteiger partial charge in [0.05, 0.1) is 0 Å². The quantitative estimate of drug-likeness (QED) is 0.537. The molecule has 3 aromatic rings. The molecule has 0 fully saturated rings. The first kappa shape index (κ1) is 14.6. The van der Waals surface area contributed by atoms with Crippen LogP contribution in [0.2, 0.25) is 0 Å². The fourth-order valence-corrected chi connectivity index (χ4v) is 2.90. The van der Waals surface area contributed by atoms with Gasteiger partial charge in [0.15, 0.2) is 0 Å². The molecule has 0 aliphatic carbocycles. The zero-order valence-electron chi connectivity index (χ0n) is 13.6. The van der Waals surface area contributed by atoms with Gasteiger partial charge < -0.3 is 0 Å². The maximum Gasteiger partial charge on any atom is -0.0146 e. The summed E-state index contributed by atoms with van der Waals surface area (Å²) in [6.07, 6.45) is 1.09. The molecule has 110 valence electrons. The first-order chi connectivity index (χ1) is 10.7. The van der Waals surface area contributed by atoms with Crippen LogP contribution < -0.4 is 0 Å². The normalized spacial score (nSPS) is 10.7. The van der Waals surface area contributed by atoms with Crippen molar-refractivity contribution in [3.63, 3.8) is 0 Å². The second kappa shape index (κ2) is 6.19. The van der Waals surface area contributed by atoms with Gasteiger partial charge in [-0.2, -0.15) is 0 Å². The summed E-state index contributed by atoms with van der Waals surface area (Å²) < 4.78 is 0. The molecule has 0 radical (unpaired) electrons. The van der Waals surface area contributed by atoms with Gasteiger partial charge in [0.1, 0.15) is 0 Å². The Labute approximate surface area is 133 Å². The van der Waals surface area contributed by atoms with Crippen LogP contribution in [0.1, 0.15) is 23.6 Å². The summed E-state index contributed by atoms with van der Waals surface area (Å²) in [5.41, 5.74) is 9.25. The molecule has 0 spiro atoms. The summed E-state index contributed by atoms with van der Waals surface area (Å²) in [6.45, 7) is 6.56. The molecule has 0 unspecified atom stereocenters. The molecule has 0 atom stereocenters. The molecule has 0 bridgehead atoms. The van der Waals surface area contributed by atoms with E-state index < -0.39 is 0 Å². The Morgan fingerprint density at radius 3 is 1.95 bits per heavy atom. The van der Waals surface area contributed by atoms with Crippen LogP contribution in [-0.2, 0) is 6.42 Å². The molecular formula is C22H22. The number of hydrogen-bond acceptors (Lipinski definition) is 0. The summed E-state index contributed by atoms with van der Waals surface area (Å²) >= 11 is 0. The van der Waals surface area contributed by atoms with Crippen LogP contribution in [0.5, 0.6) is 0 Å². The van der Waals surface area contributed by atoms with Gasteiger partial charge in [-0.3, -0.25) is 0 Å². The SMILES string of the molecule is CCc1ccc(-c2ccc(C)c(-c3ccccc3C)c2)cc1. The molecule has 0 heteroatoms. The third-order valence-electron chi connectivity index (χ3n) is 4.37. The Bertz CT molecular complexity index is 779. The minimum absolute atomic E-state index is 1.09. The zero-order chi connectivity index (χ0) is 15.5. The van der Waals surface area contributed by atoms with Gasteiger partial charge >= 0.3 is 0 Å². The van der Waals surface area contributed by atoms with E-state index in [1.807, 2.05) is 0 Å². The highest BCUT2D eigenvalue weighted by atomic mass is 14.1. The Kier molecular flexibility index (Phi) is 4.11. The largest absolute Gasteiger partial charge is 0.0620 e. The Morgan fingerprint density at radius 2 is 1.27 bits per heavy atom. The summed E-state index contributed by atoms with van der Waals surface area (Å²) in [4.78, 5) is 0. The summed E-state index contributed by atoms with van der Waals surface area (Å²) in [7, 11) is 0. The fourth-order valence-electron chi connectivity index (χ4n) is 2.90. The van der Waals surface area contributed by atoms with E-state index in [-0.39, 0.29) is 0 Å². The average molecular weight is 286 g/mol. The van der Waals surface area contributed by atoms with Crippen LogP contribution in [0, 0.1) is 13.8 Å². The van der Waals surface area contributed by atoms with Gasteiger partial charge in [-0.05, 0) is 65.3 Å². The van der Waals surface area contributed by atoms with Crippen molar-refractivity contribution >= 4 is 0 Å². The molecule has 0 aromatic heterocycles. The molecule has 0 amide bonds. The first-order valence-electron chi connectivity index (χ1n) is 7.95. The Balaban J connectivity index is 2.08. The van der Waals surface area contributed by atoms with Gasteiger partial charge in [-0.1, -0.05) is 67.6 Å². The molecule has 0 aliphatic rings. The molecule has 0 saturated carbocycles. The van der Waals surface area contributed by atoms with E-state index in [4.69, 9.17) is 0 Å². The van der Waals surface area contributed by atoms with E-state index in [1.54, 1.807) is 0 Å². The smallest absolute Gasteiger partial charge is 0.0146 e. The standard InChI is InChI=1S/C22H22/c1-4-18-10-13-19(14-11-18)20-12-9-17(3)22(15-20)21-8-6-5-7-16(21)2/h5-15H,4H2,1-3H3. The van der Waals surface area contributed by atoms with Crippen molar-refractivity contribution in [2.45, 2.75) is 27.2 Å². The van der Waals surface area contributed by atoms with Crippen molar-refractivity contribution in [2.24, 2.45) is 0 Å². The maximum atomic E-state index is 2.32. The van der Waals surface area contributed by atoms with Crippen LogP contribution in [0.3, 0.4) is 0 Å². The number of benzene rings is 3. The van der Waals surface area contributed by atoms with Gasteiger partial charge in [-0.15, -0.1) is 0 Å². The molecule has 3 aromatic carbocycles. The van der Waals surface area contributed by atoms with Gasteiger partial charge in [-0.25, -0.2) is 0 Å². The van der Waals surface area contributed by atoms with E-state index in [2.05, 4.69) is 87.5 Å². The van der Waals surface area contributed by atoms with E-state index in [9.17, 15) is 0 Å². The van der Waals surface area contributed by atoms with Crippen molar-refractivity contribution in [2.75, 3.05) is 0 Å². The molecule has 0 heterocycles. The van der Waals surface area contributed by atoms with Gasteiger partial charge in [0.2, 0.25) is 0 Å². The minimum atomic E-state index is 1.09. The highest BCUT2D eigenvalue weighted by Gasteiger charge is 2.07. The van der Waals surface area contributed by atoms with Gasteiger partial charge in [0.25, 0.3) is 0 Å². The van der Waals surface area contributed by atoms with E-state index in [0.29, 0.717) is 0 Å². The van der Waals surface area contributed by atoms with Crippen LogP contribution in [-0.4, -0.2) is 0 Å². The lowest BCUT2D eigenvalue weighted by Crippen LogP contribution is -1.89. The van der Waals surface area contributed by atoms with Crippen LogP contribution in [0.4, 0.5) is 0 Å². The summed E-state index contributed by atoms with van der Waals surface area (Å²) in [6, 6.07) is 24.3. The first-order valence-corrected chi connectivity index (χ1v) is 7.95. The molecule has 0 aliphatic heterocycles. The maximum absolute atomic E-state index is 2.32. The van der Waals surface area contributed by atoms with Crippen molar-refractivity contribution < 1.29 is 0 Å². The molecule has 22 heavy (non-hydrogen) atoms. The average Bonchev–Trinajstić information content (AvgIpc) is 2.56. The predicted molar refractivity (Wildman–Crippen MR) is 96.2 cm³/mol. The highest BCUT2D eigenvalue weighted by molar-refractivity contribution is 5.77. The summed E-state index contributed by atoms with van der Waals surface area (Å²) in [5.74, 6) is 0. The minimum Gasteiger partial charge on any atom is -0.0620 e. The van der Waals surface area contributed by atoms with Crippen molar-refractivity contribution in [3.8, 4) is 22.3 Å². The zero-order valence-corrected chi connectivity index (χ0v) is 13.6. The number of rotatable bonds is 3. The topological polar surface area (TPSA) is 0 Å². The van der Waals surface area contributed by atoms with Crippen molar-refractivity contribution in [1.82, 2.24) is 0 Å². The Hall–Kier alpha value is -2.34. The molecule has 0 N–H and O–H groups in total. The molecule has 0 nitrogen and oxygen atoms in total. The van der Waals surface area contributed by atoms with Gasteiger partial charge in [0, 0.05) is 0 Å². The third-order valence-corrected chi connectivity index (χ3v) is 4.37. The van der Waals surface area contributed by atoms with Crippen LogP contribution in [0.25, 0.3) is 22.3 Å². The van der Waals surface area contributed by atoms with Crippen LogP contribution in [0.15, 0.2) is 66.7 Å². The van der Waals surface area contributed by atoms with E-state index >= 15 is 0 Å². The van der Waals surface area contributed by atoms with Crippen LogP contribution >= 0.6 is 0 Å². The predicted octanol–water partition coefficient (Wildman–Crippen LogP) is 6.20. The lowest BCUT2D eigenvalue weighted by Gasteiger charge is -2.12. The van der Waals surface area contributed by atoms with E-state index in [0.717, 1.165) is 6.42 Å². The van der Waals surface area contributed by atoms with E-state index in [1.165, 1.54) is 38.9 Å². The van der Waals surface area contributed by atoms with Crippen molar-refractivity contribution in [1.29, 1.82) is 0 Å². The molecule has 3 rings (SSSR count). The summed E-state index contributed by atoms with van der Waals surface area (Å²) in [5, 5.41) is 0. The second-order valence-corrected chi connectivity index (χ2v) is 5.90. The third kappa shape index (κ3) is 2.82. The monoisotopic (exact) mass is 286 g/mol.